The lowest BCUT2D eigenvalue weighted by Gasteiger charge is -2.16. The van der Waals surface area contributed by atoms with Crippen LogP contribution in [0.5, 0.6) is 0 Å². The number of hydrogen-bond acceptors (Lipinski definition) is 3. The fourth-order valence-electron chi connectivity index (χ4n) is 2.70. The van der Waals surface area contributed by atoms with Crippen LogP contribution in [0.15, 0.2) is 16.8 Å². The molecule has 0 aliphatic carbocycles. The monoisotopic (exact) mass is 222 g/mol. The first-order chi connectivity index (χ1) is 7.33. The average molecular weight is 222 g/mol. The van der Waals surface area contributed by atoms with E-state index in [4.69, 9.17) is 4.74 Å². The predicted molar refractivity (Wildman–Crippen MR) is 59.0 cm³/mol. The van der Waals surface area contributed by atoms with Gasteiger partial charge < -0.3 is 4.74 Å². The predicted octanol–water partition coefficient (Wildman–Crippen LogP) is 2.43. The highest BCUT2D eigenvalue weighted by atomic mass is 32.1. The van der Waals surface area contributed by atoms with Gasteiger partial charge in [-0.15, -0.1) is 0 Å². The molecule has 0 saturated carbocycles. The highest BCUT2D eigenvalue weighted by molar-refractivity contribution is 7.07. The van der Waals surface area contributed by atoms with Gasteiger partial charge in [-0.05, 0) is 41.7 Å². The summed E-state index contributed by atoms with van der Waals surface area (Å²) in [6.07, 6.45) is 4.43. The van der Waals surface area contributed by atoms with Crippen LogP contribution in [0.2, 0.25) is 0 Å². The van der Waals surface area contributed by atoms with Crippen molar-refractivity contribution in [3.05, 3.63) is 22.4 Å². The van der Waals surface area contributed by atoms with Gasteiger partial charge in [0.15, 0.2) is 0 Å². The van der Waals surface area contributed by atoms with Crippen molar-refractivity contribution in [1.29, 1.82) is 0 Å². The third-order valence-electron chi connectivity index (χ3n) is 3.48. The summed E-state index contributed by atoms with van der Waals surface area (Å²) in [5.74, 6) is 0.559. The Morgan fingerprint density at radius 1 is 1.53 bits per heavy atom. The van der Waals surface area contributed by atoms with Gasteiger partial charge in [-0.3, -0.25) is 4.79 Å². The number of fused-ring (bicyclic) bond motifs is 2. The maximum Gasteiger partial charge on any atom is 0.143 e. The van der Waals surface area contributed by atoms with Crippen molar-refractivity contribution in [2.45, 2.75) is 37.9 Å². The van der Waals surface area contributed by atoms with Crippen LogP contribution in [0.1, 0.15) is 24.8 Å². The summed E-state index contributed by atoms with van der Waals surface area (Å²) in [7, 11) is 0. The van der Waals surface area contributed by atoms with Crippen LogP contribution >= 0.6 is 11.3 Å². The minimum atomic E-state index is 0.184. The number of rotatable bonds is 3. The van der Waals surface area contributed by atoms with Crippen molar-refractivity contribution in [2.24, 2.45) is 5.92 Å². The van der Waals surface area contributed by atoms with E-state index in [2.05, 4.69) is 5.38 Å². The first kappa shape index (κ1) is 9.55. The maximum absolute atomic E-state index is 12.0. The van der Waals surface area contributed by atoms with Gasteiger partial charge in [0, 0.05) is 12.3 Å². The van der Waals surface area contributed by atoms with Crippen molar-refractivity contribution in [1.82, 2.24) is 0 Å². The summed E-state index contributed by atoms with van der Waals surface area (Å²) in [5.41, 5.74) is 1.16. The zero-order chi connectivity index (χ0) is 10.3. The van der Waals surface area contributed by atoms with Gasteiger partial charge in [-0.25, -0.2) is 0 Å². The van der Waals surface area contributed by atoms with E-state index in [1.807, 2.05) is 11.4 Å². The molecule has 0 spiro atoms. The van der Waals surface area contributed by atoms with Crippen LogP contribution in [-0.2, 0) is 16.0 Å². The van der Waals surface area contributed by atoms with Crippen molar-refractivity contribution in [3.63, 3.8) is 0 Å². The highest BCUT2D eigenvalue weighted by Gasteiger charge is 2.43. The zero-order valence-electron chi connectivity index (χ0n) is 8.52. The van der Waals surface area contributed by atoms with Gasteiger partial charge in [0.1, 0.15) is 5.78 Å². The molecule has 0 radical (unpaired) electrons. The van der Waals surface area contributed by atoms with E-state index in [1.54, 1.807) is 11.3 Å². The van der Waals surface area contributed by atoms with Crippen LogP contribution in [0.3, 0.4) is 0 Å². The highest BCUT2D eigenvalue weighted by Crippen LogP contribution is 2.39. The summed E-state index contributed by atoms with van der Waals surface area (Å²) < 4.78 is 5.71. The third kappa shape index (κ3) is 1.74. The van der Waals surface area contributed by atoms with Crippen LogP contribution in [0, 0.1) is 5.92 Å². The summed E-state index contributed by atoms with van der Waals surface area (Å²) in [6.45, 7) is 0. The molecule has 0 aromatic carbocycles. The lowest BCUT2D eigenvalue weighted by Crippen LogP contribution is -2.26. The molecule has 0 N–H and O–H groups in total. The van der Waals surface area contributed by atoms with Crippen molar-refractivity contribution < 1.29 is 9.53 Å². The molecule has 2 bridgehead atoms. The summed E-state index contributed by atoms with van der Waals surface area (Å²) in [5, 5.41) is 4.09. The molecule has 15 heavy (non-hydrogen) atoms. The molecule has 3 heterocycles. The van der Waals surface area contributed by atoms with Gasteiger partial charge in [-0.2, -0.15) is 11.3 Å². The minimum absolute atomic E-state index is 0.184. The van der Waals surface area contributed by atoms with Crippen LogP contribution in [0.25, 0.3) is 0 Å². The van der Waals surface area contributed by atoms with Crippen LogP contribution in [0.4, 0.5) is 0 Å². The molecule has 0 amide bonds. The van der Waals surface area contributed by atoms with Gasteiger partial charge in [0.05, 0.1) is 12.2 Å². The number of thiophene rings is 1. The normalized spacial score (nSPS) is 33.5. The first-order valence-electron chi connectivity index (χ1n) is 5.52. The molecule has 3 rings (SSSR count). The lowest BCUT2D eigenvalue weighted by molar-refractivity contribution is -0.123. The lowest BCUT2D eigenvalue weighted by atomic mass is 9.84. The van der Waals surface area contributed by atoms with E-state index >= 15 is 0 Å². The number of carbonyl (C=O) groups excluding carboxylic acids is 1. The molecule has 3 unspecified atom stereocenters. The molecule has 3 atom stereocenters. The molecular formula is C12H14O2S. The zero-order valence-corrected chi connectivity index (χ0v) is 9.33. The van der Waals surface area contributed by atoms with E-state index in [1.165, 1.54) is 0 Å². The number of ketones is 1. The molecule has 2 aliphatic heterocycles. The van der Waals surface area contributed by atoms with E-state index in [9.17, 15) is 4.79 Å². The van der Waals surface area contributed by atoms with Crippen molar-refractivity contribution >= 4 is 17.1 Å². The number of carbonyl (C=O) groups is 1. The van der Waals surface area contributed by atoms with Crippen LogP contribution < -0.4 is 0 Å². The van der Waals surface area contributed by atoms with Crippen LogP contribution in [-0.4, -0.2) is 18.0 Å². The number of Topliss-reactive ketones (excluding diaryl/α,β-unsaturated/α-hetero) is 1. The van der Waals surface area contributed by atoms with Gasteiger partial charge >= 0.3 is 0 Å². The number of ether oxygens (including phenoxy) is 1. The summed E-state index contributed by atoms with van der Waals surface area (Å²) in [4.78, 5) is 12.0. The third-order valence-corrected chi connectivity index (χ3v) is 4.21. The Labute approximate surface area is 93.3 Å². The first-order valence-corrected chi connectivity index (χ1v) is 6.46. The second-order valence-electron chi connectivity index (χ2n) is 4.49. The van der Waals surface area contributed by atoms with Crippen molar-refractivity contribution in [2.75, 3.05) is 0 Å². The SMILES string of the molecule is O=C(Cc1ccsc1)C1CC2CCC1O2. The minimum Gasteiger partial charge on any atom is -0.374 e. The molecule has 80 valence electrons. The smallest absolute Gasteiger partial charge is 0.143 e. The molecular weight excluding hydrogens is 208 g/mol. The fraction of sp³-hybridized carbons (Fsp3) is 0.583. The summed E-state index contributed by atoms with van der Waals surface area (Å²) in [6, 6.07) is 2.04. The Balaban J connectivity index is 1.66. The Kier molecular flexibility index (Phi) is 2.37. The van der Waals surface area contributed by atoms with Gasteiger partial charge in [-0.1, -0.05) is 0 Å². The molecule has 2 saturated heterocycles. The quantitative estimate of drug-likeness (QED) is 0.785. The Hall–Kier alpha value is -0.670. The van der Waals surface area contributed by atoms with Gasteiger partial charge in [0.25, 0.3) is 0 Å². The second-order valence-corrected chi connectivity index (χ2v) is 5.27. The Morgan fingerprint density at radius 2 is 2.47 bits per heavy atom. The maximum atomic E-state index is 12.0. The van der Waals surface area contributed by atoms with E-state index in [0.717, 1.165) is 24.8 Å². The van der Waals surface area contributed by atoms with E-state index < -0.39 is 0 Å². The second kappa shape index (κ2) is 3.72. The standard InChI is InChI=1S/C12H14O2S/c13-11(5-8-3-4-15-7-8)10-6-9-1-2-12(10)14-9/h3-4,7,9-10,12H,1-2,5-6H2. The molecule has 3 heteroatoms. The Morgan fingerprint density at radius 3 is 3.07 bits per heavy atom. The Bertz CT molecular complexity index is 358. The molecule has 1 aromatic heterocycles. The molecule has 2 nitrogen and oxygen atoms in total. The summed E-state index contributed by atoms with van der Waals surface area (Å²) >= 11 is 1.66. The number of hydrogen-bond donors (Lipinski definition) is 0. The van der Waals surface area contributed by atoms with E-state index in [0.29, 0.717) is 18.3 Å². The van der Waals surface area contributed by atoms with Crippen molar-refractivity contribution in [3.8, 4) is 0 Å². The molecule has 2 aliphatic rings. The van der Waals surface area contributed by atoms with E-state index in [-0.39, 0.29) is 12.0 Å². The average Bonchev–Trinajstić information content (AvgIpc) is 2.93. The molecule has 2 fully saturated rings. The largest absolute Gasteiger partial charge is 0.374 e. The molecule has 1 aromatic rings. The fourth-order valence-corrected chi connectivity index (χ4v) is 3.37. The topological polar surface area (TPSA) is 26.3 Å². The van der Waals surface area contributed by atoms with Gasteiger partial charge in [0.2, 0.25) is 0 Å².